The average Bonchev–Trinajstić information content (AvgIpc) is 2.03. The molecule has 0 spiro atoms. The molecule has 5 nitrogen and oxygen atoms in total. The van der Waals surface area contributed by atoms with Crippen molar-refractivity contribution in [2.45, 2.75) is 4.90 Å². The van der Waals surface area contributed by atoms with Crippen LogP contribution in [0.15, 0.2) is 23.1 Å². The predicted octanol–water partition coefficient (Wildman–Crippen LogP) is -0.241. The molecule has 0 aliphatic carbocycles. The van der Waals surface area contributed by atoms with E-state index in [4.69, 9.17) is 11.5 Å². The van der Waals surface area contributed by atoms with Crippen molar-refractivity contribution in [3.05, 3.63) is 18.2 Å². The number of nitrogens with one attached hydrogen (secondary N) is 1. The minimum Gasteiger partial charge on any atom is -0.399 e. The third-order valence-corrected chi connectivity index (χ3v) is 3.08. The lowest BCUT2D eigenvalue weighted by atomic mass is 10.3. The second-order valence-corrected chi connectivity index (χ2v) is 4.36. The average molecular weight is 201 g/mol. The molecule has 13 heavy (non-hydrogen) atoms. The van der Waals surface area contributed by atoms with E-state index in [-0.39, 0.29) is 10.6 Å². The Kier molecular flexibility index (Phi) is 2.44. The van der Waals surface area contributed by atoms with Crippen molar-refractivity contribution in [3.63, 3.8) is 0 Å². The molecule has 0 saturated carbocycles. The van der Waals surface area contributed by atoms with Crippen LogP contribution in [0.25, 0.3) is 0 Å². The normalized spacial score (nSPS) is 11.5. The highest BCUT2D eigenvalue weighted by Gasteiger charge is 2.14. The first-order valence-corrected chi connectivity index (χ1v) is 5.04. The topological polar surface area (TPSA) is 98.2 Å². The van der Waals surface area contributed by atoms with Crippen LogP contribution in [0.2, 0.25) is 0 Å². The third kappa shape index (κ3) is 1.90. The molecule has 0 heterocycles. The molecular formula is C7H11N3O2S. The molecule has 0 aliphatic rings. The highest BCUT2D eigenvalue weighted by atomic mass is 32.2. The van der Waals surface area contributed by atoms with Crippen LogP contribution in [0.4, 0.5) is 11.4 Å². The number of sulfonamides is 1. The molecule has 5 N–H and O–H groups in total. The van der Waals surface area contributed by atoms with E-state index in [0.717, 1.165) is 0 Å². The Morgan fingerprint density at radius 3 is 2.38 bits per heavy atom. The molecule has 0 unspecified atom stereocenters. The second-order valence-electron chi connectivity index (χ2n) is 2.50. The summed E-state index contributed by atoms with van der Waals surface area (Å²) in [5, 5.41) is 0. The monoisotopic (exact) mass is 201 g/mol. The molecule has 0 bridgehead atoms. The zero-order chi connectivity index (χ0) is 10.1. The van der Waals surface area contributed by atoms with Gasteiger partial charge >= 0.3 is 0 Å². The molecule has 0 fully saturated rings. The first-order chi connectivity index (χ1) is 5.97. The lowest BCUT2D eigenvalue weighted by Gasteiger charge is -2.05. The van der Waals surface area contributed by atoms with Crippen molar-refractivity contribution in [3.8, 4) is 0 Å². The summed E-state index contributed by atoms with van der Waals surface area (Å²) in [6.07, 6.45) is 0. The third-order valence-electron chi connectivity index (χ3n) is 1.59. The van der Waals surface area contributed by atoms with Crippen molar-refractivity contribution in [2.75, 3.05) is 18.5 Å². The van der Waals surface area contributed by atoms with Gasteiger partial charge in [0.05, 0.1) is 5.69 Å². The summed E-state index contributed by atoms with van der Waals surface area (Å²) < 4.78 is 24.8. The van der Waals surface area contributed by atoms with Crippen molar-refractivity contribution in [2.24, 2.45) is 0 Å². The lowest BCUT2D eigenvalue weighted by molar-refractivity contribution is 0.588. The Bertz CT molecular complexity index is 414. The van der Waals surface area contributed by atoms with E-state index in [2.05, 4.69) is 4.72 Å². The summed E-state index contributed by atoms with van der Waals surface area (Å²) in [5.41, 5.74) is 11.5. The first kappa shape index (κ1) is 9.82. The van der Waals surface area contributed by atoms with Crippen LogP contribution < -0.4 is 16.2 Å². The Balaban J connectivity index is 3.33. The number of rotatable bonds is 2. The molecule has 0 aliphatic heterocycles. The second kappa shape index (κ2) is 3.23. The molecule has 72 valence electrons. The van der Waals surface area contributed by atoms with Gasteiger partial charge in [-0.25, -0.2) is 13.1 Å². The number of nitrogens with two attached hydrogens (primary N) is 2. The van der Waals surface area contributed by atoms with Crippen LogP contribution in [0.1, 0.15) is 0 Å². The van der Waals surface area contributed by atoms with Crippen molar-refractivity contribution in [1.29, 1.82) is 0 Å². The molecule has 0 aromatic heterocycles. The zero-order valence-corrected chi connectivity index (χ0v) is 7.93. The van der Waals surface area contributed by atoms with Crippen LogP contribution in [0, 0.1) is 0 Å². The Hall–Kier alpha value is -1.27. The van der Waals surface area contributed by atoms with Gasteiger partial charge in [0, 0.05) is 5.69 Å². The van der Waals surface area contributed by atoms with E-state index >= 15 is 0 Å². The van der Waals surface area contributed by atoms with Crippen LogP contribution in [-0.2, 0) is 10.0 Å². The highest BCUT2D eigenvalue weighted by molar-refractivity contribution is 7.89. The summed E-state index contributed by atoms with van der Waals surface area (Å²) in [4.78, 5) is 0.0456. The van der Waals surface area contributed by atoms with Crippen LogP contribution in [-0.4, -0.2) is 15.5 Å². The molecule has 0 saturated heterocycles. The predicted molar refractivity (Wildman–Crippen MR) is 51.5 cm³/mol. The van der Waals surface area contributed by atoms with Gasteiger partial charge in [0.1, 0.15) is 4.90 Å². The maximum absolute atomic E-state index is 11.3. The minimum absolute atomic E-state index is 0.0456. The van der Waals surface area contributed by atoms with Crippen LogP contribution >= 0.6 is 0 Å². The number of benzene rings is 1. The summed E-state index contributed by atoms with van der Waals surface area (Å²) in [5.74, 6) is 0. The first-order valence-electron chi connectivity index (χ1n) is 3.56. The standard InChI is InChI=1S/C7H11N3O2S/c1-10-13(11,12)7-3-2-5(8)4-6(7)9/h2-4,10H,8-9H2,1H3. The van der Waals surface area contributed by atoms with Crippen molar-refractivity contribution < 1.29 is 8.42 Å². The van der Waals surface area contributed by atoms with Gasteiger partial charge in [0.25, 0.3) is 0 Å². The molecule has 1 aromatic rings. The van der Waals surface area contributed by atoms with E-state index in [9.17, 15) is 8.42 Å². The summed E-state index contributed by atoms with van der Waals surface area (Å²) in [7, 11) is -2.15. The van der Waals surface area contributed by atoms with Gasteiger partial charge in [-0.1, -0.05) is 0 Å². The van der Waals surface area contributed by atoms with Crippen molar-refractivity contribution in [1.82, 2.24) is 4.72 Å². The van der Waals surface area contributed by atoms with E-state index < -0.39 is 10.0 Å². The van der Waals surface area contributed by atoms with Gasteiger partial charge in [-0.3, -0.25) is 0 Å². The van der Waals surface area contributed by atoms with Crippen molar-refractivity contribution >= 4 is 21.4 Å². The van der Waals surface area contributed by atoms with E-state index in [1.165, 1.54) is 25.2 Å². The van der Waals surface area contributed by atoms with Gasteiger partial charge in [-0.15, -0.1) is 0 Å². The summed E-state index contributed by atoms with van der Waals surface area (Å²) in [6, 6.07) is 4.27. The maximum atomic E-state index is 11.3. The summed E-state index contributed by atoms with van der Waals surface area (Å²) >= 11 is 0. The number of hydrogen-bond donors (Lipinski definition) is 3. The fourth-order valence-electron chi connectivity index (χ4n) is 0.922. The van der Waals surface area contributed by atoms with Crippen LogP contribution in [0.3, 0.4) is 0 Å². The van der Waals surface area contributed by atoms with Crippen LogP contribution in [0.5, 0.6) is 0 Å². The summed E-state index contributed by atoms with van der Waals surface area (Å²) in [6.45, 7) is 0. The Labute approximate surface area is 76.8 Å². The number of nitrogen functional groups attached to an aromatic ring is 2. The van der Waals surface area contributed by atoms with Gasteiger partial charge in [-0.05, 0) is 25.2 Å². The smallest absolute Gasteiger partial charge is 0.242 e. The Morgan fingerprint density at radius 2 is 1.92 bits per heavy atom. The SMILES string of the molecule is CNS(=O)(=O)c1ccc(N)cc1N. The van der Waals surface area contributed by atoms with E-state index in [1.807, 2.05) is 0 Å². The lowest BCUT2D eigenvalue weighted by Crippen LogP contribution is -2.19. The molecule has 0 atom stereocenters. The highest BCUT2D eigenvalue weighted by Crippen LogP contribution is 2.19. The van der Waals surface area contributed by atoms with E-state index in [1.54, 1.807) is 0 Å². The number of anilines is 2. The zero-order valence-electron chi connectivity index (χ0n) is 7.11. The minimum atomic E-state index is -3.48. The molecule has 0 radical (unpaired) electrons. The quantitative estimate of drug-likeness (QED) is 0.575. The largest absolute Gasteiger partial charge is 0.399 e. The molecule has 1 aromatic carbocycles. The fourth-order valence-corrected chi connectivity index (χ4v) is 1.76. The Morgan fingerprint density at radius 1 is 1.31 bits per heavy atom. The number of hydrogen-bond acceptors (Lipinski definition) is 4. The van der Waals surface area contributed by atoms with Gasteiger partial charge in [0.2, 0.25) is 10.0 Å². The van der Waals surface area contributed by atoms with Gasteiger partial charge < -0.3 is 11.5 Å². The van der Waals surface area contributed by atoms with Gasteiger partial charge in [-0.2, -0.15) is 0 Å². The molecular weight excluding hydrogens is 190 g/mol. The molecule has 0 amide bonds. The fraction of sp³-hybridized carbons (Fsp3) is 0.143. The maximum Gasteiger partial charge on any atom is 0.242 e. The van der Waals surface area contributed by atoms with Gasteiger partial charge in [0.15, 0.2) is 0 Å². The molecule has 6 heteroatoms. The van der Waals surface area contributed by atoms with E-state index in [0.29, 0.717) is 5.69 Å². The molecule has 1 rings (SSSR count).